The van der Waals surface area contributed by atoms with E-state index in [2.05, 4.69) is 10.6 Å². The molecule has 0 heterocycles. The standard InChI is InChI=1S/C16H24N2O4S/c1-4-22-13-7-5-12(6-8-13)18-15(20)14(19)17-11-16(2,21)9-10-23-3/h5-8,21H,4,9-11H2,1-3H3,(H,17,19)(H,18,20)/t16-/m1/s1. The number of benzene rings is 1. The van der Waals surface area contributed by atoms with E-state index in [1.54, 1.807) is 43.0 Å². The first-order valence-corrected chi connectivity index (χ1v) is 8.80. The van der Waals surface area contributed by atoms with Crippen LogP contribution in [0.1, 0.15) is 20.3 Å². The molecule has 2 amide bonds. The Kier molecular flexibility index (Phi) is 7.91. The van der Waals surface area contributed by atoms with E-state index in [0.29, 0.717) is 24.5 Å². The van der Waals surface area contributed by atoms with Crippen LogP contribution < -0.4 is 15.4 Å². The quantitative estimate of drug-likeness (QED) is 0.626. The van der Waals surface area contributed by atoms with Crippen LogP contribution in [0, 0.1) is 0 Å². The van der Waals surface area contributed by atoms with Crippen molar-refractivity contribution in [3.05, 3.63) is 24.3 Å². The normalized spacial score (nSPS) is 13.0. The summed E-state index contributed by atoms with van der Waals surface area (Å²) in [5.41, 5.74) is -0.527. The van der Waals surface area contributed by atoms with Crippen LogP contribution in [0.25, 0.3) is 0 Å². The third kappa shape index (κ3) is 7.38. The van der Waals surface area contributed by atoms with E-state index >= 15 is 0 Å². The number of rotatable bonds is 8. The number of aliphatic hydroxyl groups is 1. The van der Waals surface area contributed by atoms with Gasteiger partial charge in [-0.3, -0.25) is 9.59 Å². The molecule has 0 aromatic heterocycles. The fourth-order valence-electron chi connectivity index (χ4n) is 1.75. The molecule has 128 valence electrons. The number of carbonyl (C=O) groups excluding carboxylic acids is 2. The van der Waals surface area contributed by atoms with Crippen LogP contribution in [-0.4, -0.2) is 47.7 Å². The number of ether oxygens (including phenoxy) is 1. The first kappa shape index (κ1) is 19.3. The number of amides is 2. The van der Waals surface area contributed by atoms with Crippen molar-refractivity contribution in [1.82, 2.24) is 5.32 Å². The van der Waals surface area contributed by atoms with E-state index in [9.17, 15) is 14.7 Å². The van der Waals surface area contributed by atoms with Gasteiger partial charge in [0.25, 0.3) is 0 Å². The van der Waals surface area contributed by atoms with Crippen LogP contribution in [0.5, 0.6) is 5.75 Å². The lowest BCUT2D eigenvalue weighted by atomic mass is 10.0. The van der Waals surface area contributed by atoms with Crippen molar-refractivity contribution in [2.45, 2.75) is 25.9 Å². The molecule has 1 atom stereocenters. The first-order valence-electron chi connectivity index (χ1n) is 7.41. The summed E-state index contributed by atoms with van der Waals surface area (Å²) in [5.74, 6) is -0.0701. The average molecular weight is 340 g/mol. The van der Waals surface area contributed by atoms with E-state index in [1.807, 2.05) is 13.2 Å². The number of nitrogens with one attached hydrogen (secondary N) is 2. The predicted molar refractivity (Wildman–Crippen MR) is 92.9 cm³/mol. The molecule has 0 bridgehead atoms. The van der Waals surface area contributed by atoms with E-state index in [0.717, 1.165) is 5.75 Å². The lowest BCUT2D eigenvalue weighted by molar-refractivity contribution is -0.136. The van der Waals surface area contributed by atoms with Crippen molar-refractivity contribution in [2.24, 2.45) is 0 Å². The van der Waals surface area contributed by atoms with Crippen molar-refractivity contribution in [3.63, 3.8) is 0 Å². The van der Waals surface area contributed by atoms with Crippen LogP contribution in [0.3, 0.4) is 0 Å². The zero-order valence-corrected chi connectivity index (χ0v) is 14.5. The molecular weight excluding hydrogens is 316 g/mol. The molecule has 23 heavy (non-hydrogen) atoms. The molecule has 1 aromatic carbocycles. The van der Waals surface area contributed by atoms with Crippen molar-refractivity contribution in [2.75, 3.05) is 30.5 Å². The van der Waals surface area contributed by atoms with Gasteiger partial charge < -0.3 is 20.5 Å². The molecule has 1 rings (SSSR count). The molecule has 0 aliphatic heterocycles. The maximum Gasteiger partial charge on any atom is 0.313 e. The minimum atomic E-state index is -1.03. The van der Waals surface area contributed by atoms with E-state index < -0.39 is 17.4 Å². The van der Waals surface area contributed by atoms with Crippen LogP contribution in [0.4, 0.5) is 5.69 Å². The molecule has 0 radical (unpaired) electrons. The summed E-state index contributed by atoms with van der Waals surface area (Å²) in [7, 11) is 0. The number of hydrogen-bond donors (Lipinski definition) is 3. The maximum atomic E-state index is 11.8. The highest BCUT2D eigenvalue weighted by Crippen LogP contribution is 2.15. The van der Waals surface area contributed by atoms with Gasteiger partial charge in [-0.05, 0) is 56.5 Å². The summed E-state index contributed by atoms with van der Waals surface area (Å²) in [4.78, 5) is 23.6. The largest absolute Gasteiger partial charge is 0.494 e. The first-order chi connectivity index (χ1) is 10.9. The zero-order valence-electron chi connectivity index (χ0n) is 13.7. The molecule has 0 unspecified atom stereocenters. The lowest BCUT2D eigenvalue weighted by Crippen LogP contribution is -2.44. The van der Waals surface area contributed by atoms with Gasteiger partial charge in [0.05, 0.1) is 12.2 Å². The van der Waals surface area contributed by atoms with Crippen LogP contribution in [0.2, 0.25) is 0 Å². The van der Waals surface area contributed by atoms with E-state index in [1.165, 1.54) is 0 Å². The molecule has 0 saturated heterocycles. The summed E-state index contributed by atoms with van der Waals surface area (Å²) < 4.78 is 5.30. The van der Waals surface area contributed by atoms with Gasteiger partial charge in [-0.2, -0.15) is 11.8 Å². The average Bonchev–Trinajstić information content (AvgIpc) is 2.53. The van der Waals surface area contributed by atoms with Crippen LogP contribution >= 0.6 is 11.8 Å². The molecular formula is C16H24N2O4S. The fourth-order valence-corrected chi connectivity index (χ4v) is 2.39. The molecule has 0 saturated carbocycles. The van der Waals surface area contributed by atoms with Crippen molar-refractivity contribution in [3.8, 4) is 5.75 Å². The fraction of sp³-hybridized carbons (Fsp3) is 0.500. The van der Waals surface area contributed by atoms with Crippen LogP contribution in [0.15, 0.2) is 24.3 Å². The third-order valence-corrected chi connectivity index (χ3v) is 3.72. The lowest BCUT2D eigenvalue weighted by Gasteiger charge is -2.23. The van der Waals surface area contributed by atoms with Gasteiger partial charge in [0.2, 0.25) is 0 Å². The highest BCUT2D eigenvalue weighted by Gasteiger charge is 2.22. The Hall–Kier alpha value is -1.73. The molecule has 6 nitrogen and oxygen atoms in total. The van der Waals surface area contributed by atoms with Crippen LogP contribution in [-0.2, 0) is 9.59 Å². The Morgan fingerprint density at radius 3 is 2.48 bits per heavy atom. The van der Waals surface area contributed by atoms with Gasteiger partial charge in [-0.1, -0.05) is 0 Å². The Morgan fingerprint density at radius 2 is 1.91 bits per heavy atom. The second kappa shape index (κ2) is 9.42. The molecule has 3 N–H and O–H groups in total. The number of anilines is 1. The Morgan fingerprint density at radius 1 is 1.26 bits per heavy atom. The van der Waals surface area contributed by atoms with Gasteiger partial charge in [0.15, 0.2) is 0 Å². The minimum Gasteiger partial charge on any atom is -0.494 e. The topological polar surface area (TPSA) is 87.7 Å². The molecule has 0 spiro atoms. The summed E-state index contributed by atoms with van der Waals surface area (Å²) in [5, 5.41) is 15.0. The molecule has 0 aliphatic rings. The van der Waals surface area contributed by atoms with E-state index in [4.69, 9.17) is 4.74 Å². The summed E-state index contributed by atoms with van der Waals surface area (Å²) >= 11 is 1.61. The Balaban J connectivity index is 2.46. The van der Waals surface area contributed by atoms with Gasteiger partial charge in [0.1, 0.15) is 5.75 Å². The summed E-state index contributed by atoms with van der Waals surface area (Å²) in [6.07, 6.45) is 2.48. The number of hydrogen-bond acceptors (Lipinski definition) is 5. The third-order valence-electron chi connectivity index (χ3n) is 3.10. The van der Waals surface area contributed by atoms with Crippen molar-refractivity contribution >= 4 is 29.3 Å². The monoisotopic (exact) mass is 340 g/mol. The molecule has 1 aromatic rings. The maximum absolute atomic E-state index is 11.8. The number of carbonyl (C=O) groups is 2. The van der Waals surface area contributed by atoms with E-state index in [-0.39, 0.29) is 6.54 Å². The zero-order chi connectivity index (χ0) is 17.3. The smallest absolute Gasteiger partial charge is 0.313 e. The summed E-state index contributed by atoms with van der Waals surface area (Å²) in [6.45, 7) is 4.11. The van der Waals surface area contributed by atoms with Gasteiger partial charge in [-0.25, -0.2) is 0 Å². The van der Waals surface area contributed by atoms with Gasteiger partial charge >= 0.3 is 11.8 Å². The van der Waals surface area contributed by atoms with Crippen molar-refractivity contribution < 1.29 is 19.4 Å². The SMILES string of the molecule is CCOc1ccc(NC(=O)C(=O)NC[C@](C)(O)CCSC)cc1. The second-order valence-electron chi connectivity index (χ2n) is 5.33. The minimum absolute atomic E-state index is 0.0308. The highest BCUT2D eigenvalue weighted by atomic mass is 32.2. The Bertz CT molecular complexity index is 517. The molecule has 0 aliphatic carbocycles. The predicted octanol–water partition coefficient (Wildman–Crippen LogP) is 1.64. The van der Waals surface area contributed by atoms with Gasteiger partial charge in [-0.15, -0.1) is 0 Å². The number of thioether (sulfide) groups is 1. The van der Waals surface area contributed by atoms with Gasteiger partial charge in [0, 0.05) is 12.2 Å². The molecule has 7 heteroatoms. The summed E-state index contributed by atoms with van der Waals surface area (Å²) in [6, 6.07) is 6.74. The second-order valence-corrected chi connectivity index (χ2v) is 6.32. The highest BCUT2D eigenvalue weighted by molar-refractivity contribution is 7.98. The molecule has 0 fully saturated rings. The van der Waals surface area contributed by atoms with Crippen molar-refractivity contribution in [1.29, 1.82) is 0 Å². The Labute approximate surface area is 141 Å².